The van der Waals surface area contributed by atoms with E-state index in [2.05, 4.69) is 5.10 Å². The number of hydrazone groups is 1. The van der Waals surface area contributed by atoms with Crippen molar-refractivity contribution in [2.45, 2.75) is 24.8 Å². The Hall–Kier alpha value is -3.38. The minimum atomic E-state index is -6.47. The second-order valence-corrected chi connectivity index (χ2v) is 5.80. The molecule has 0 radical (unpaired) electrons. The van der Waals surface area contributed by atoms with Crippen LogP contribution < -0.4 is 10.2 Å². The van der Waals surface area contributed by atoms with Crippen LogP contribution in [0.25, 0.3) is 0 Å². The third-order valence-electron chi connectivity index (χ3n) is 3.58. The van der Waals surface area contributed by atoms with Crippen LogP contribution in [0, 0.1) is 10.1 Å². The SMILES string of the molecule is O=[N+]([O-])c1ccc(COc2cccc(/C=N\NC(F)(F)C(F)(F)C(F)(F)F)c2)cc1. The zero-order valence-corrected chi connectivity index (χ0v) is 14.7. The lowest BCUT2D eigenvalue weighted by molar-refractivity contribution is -0.384. The molecule has 2 rings (SSSR count). The van der Waals surface area contributed by atoms with Crippen molar-refractivity contribution < 1.29 is 40.4 Å². The lowest BCUT2D eigenvalue weighted by Gasteiger charge is -2.27. The highest BCUT2D eigenvalue weighted by molar-refractivity contribution is 5.80. The van der Waals surface area contributed by atoms with Crippen LogP contribution in [0.5, 0.6) is 5.75 Å². The van der Waals surface area contributed by atoms with Crippen LogP contribution in [0.4, 0.5) is 36.4 Å². The van der Waals surface area contributed by atoms with E-state index in [-0.39, 0.29) is 23.6 Å². The van der Waals surface area contributed by atoms with Crippen molar-refractivity contribution >= 4 is 11.9 Å². The number of nitrogens with zero attached hydrogens (tertiary/aromatic N) is 2. The molecule has 0 saturated carbocycles. The molecule has 0 heterocycles. The van der Waals surface area contributed by atoms with Gasteiger partial charge in [0, 0.05) is 12.1 Å². The number of nitro groups is 1. The molecule has 0 amide bonds. The summed E-state index contributed by atoms with van der Waals surface area (Å²) in [7, 11) is 0. The van der Waals surface area contributed by atoms with Gasteiger partial charge in [-0.3, -0.25) is 10.1 Å². The minimum absolute atomic E-state index is 0.00723. The molecule has 0 fully saturated rings. The number of alkyl halides is 7. The third kappa shape index (κ3) is 5.36. The van der Waals surface area contributed by atoms with Gasteiger partial charge in [0.1, 0.15) is 12.4 Å². The number of benzene rings is 2. The van der Waals surface area contributed by atoms with E-state index in [0.717, 1.165) is 0 Å². The van der Waals surface area contributed by atoms with E-state index in [1.165, 1.54) is 48.5 Å². The predicted molar refractivity (Wildman–Crippen MR) is 90.5 cm³/mol. The van der Waals surface area contributed by atoms with Crippen molar-refractivity contribution in [3.8, 4) is 5.75 Å². The predicted octanol–water partition coefficient (Wildman–Crippen LogP) is 4.89. The Kier molecular flexibility index (Phi) is 6.53. The number of rotatable bonds is 8. The standard InChI is InChI=1S/C17H12F7N3O3/c18-15(19,16(20,21)22)17(23,24)26-25-9-12-2-1-3-14(8-12)30-10-11-4-6-13(7-5-11)27(28)29/h1-9,26H,10H2/b25-9-. The van der Waals surface area contributed by atoms with Crippen molar-refractivity contribution in [3.63, 3.8) is 0 Å². The van der Waals surface area contributed by atoms with E-state index in [4.69, 9.17) is 4.74 Å². The van der Waals surface area contributed by atoms with Crippen molar-refractivity contribution in [3.05, 3.63) is 69.8 Å². The quantitative estimate of drug-likeness (QED) is 0.209. The topological polar surface area (TPSA) is 76.8 Å². The van der Waals surface area contributed by atoms with E-state index >= 15 is 0 Å². The monoisotopic (exact) mass is 439 g/mol. The number of non-ortho nitro benzene ring substituents is 1. The molecule has 13 heteroatoms. The Morgan fingerprint density at radius 3 is 2.23 bits per heavy atom. The molecule has 2 aromatic rings. The molecule has 0 bridgehead atoms. The molecule has 0 aromatic heterocycles. The summed E-state index contributed by atoms with van der Waals surface area (Å²) >= 11 is 0. The summed E-state index contributed by atoms with van der Waals surface area (Å²) in [6, 6.07) is 5.21. The maximum absolute atomic E-state index is 13.1. The van der Waals surface area contributed by atoms with Crippen LogP contribution >= 0.6 is 0 Å². The molecule has 0 spiro atoms. The fourth-order valence-electron chi connectivity index (χ4n) is 2.00. The number of ether oxygens (including phenoxy) is 1. The van der Waals surface area contributed by atoms with Crippen molar-refractivity contribution in [1.29, 1.82) is 0 Å². The Labute approximate surface area is 164 Å². The zero-order valence-electron chi connectivity index (χ0n) is 14.7. The lowest BCUT2D eigenvalue weighted by Crippen LogP contribution is -2.58. The van der Waals surface area contributed by atoms with Crippen LogP contribution in [0.15, 0.2) is 53.6 Å². The van der Waals surface area contributed by atoms with Crippen LogP contribution in [0.1, 0.15) is 11.1 Å². The van der Waals surface area contributed by atoms with Crippen molar-refractivity contribution in [1.82, 2.24) is 5.43 Å². The van der Waals surface area contributed by atoms with Gasteiger partial charge < -0.3 is 4.74 Å². The largest absolute Gasteiger partial charge is 0.489 e. The zero-order chi connectivity index (χ0) is 22.6. The Morgan fingerprint density at radius 1 is 1.03 bits per heavy atom. The number of nitrogens with one attached hydrogen (secondary N) is 1. The number of hydrogen-bond acceptors (Lipinski definition) is 5. The summed E-state index contributed by atoms with van der Waals surface area (Å²) in [5.74, 6) is -6.13. The van der Waals surface area contributed by atoms with Gasteiger partial charge in [0.05, 0.1) is 11.1 Å². The van der Waals surface area contributed by atoms with Gasteiger partial charge in [-0.1, -0.05) is 12.1 Å². The van der Waals surface area contributed by atoms with Gasteiger partial charge in [0.25, 0.3) is 5.69 Å². The van der Waals surface area contributed by atoms with E-state index in [0.29, 0.717) is 17.2 Å². The highest BCUT2D eigenvalue weighted by Gasteiger charge is 2.73. The van der Waals surface area contributed by atoms with Crippen molar-refractivity contribution in [2.24, 2.45) is 5.10 Å². The van der Waals surface area contributed by atoms with Gasteiger partial charge in [-0.05, 0) is 35.4 Å². The van der Waals surface area contributed by atoms with Crippen molar-refractivity contribution in [2.75, 3.05) is 0 Å². The fraction of sp³-hybridized carbons (Fsp3) is 0.235. The Balaban J connectivity index is 2.00. The van der Waals surface area contributed by atoms with Gasteiger partial charge in [-0.15, -0.1) is 0 Å². The first-order valence-corrected chi connectivity index (χ1v) is 7.92. The Morgan fingerprint density at radius 2 is 1.67 bits per heavy atom. The van der Waals surface area contributed by atoms with Gasteiger partial charge in [-0.2, -0.15) is 35.8 Å². The van der Waals surface area contributed by atoms with Gasteiger partial charge >= 0.3 is 18.1 Å². The second-order valence-electron chi connectivity index (χ2n) is 5.80. The third-order valence-corrected chi connectivity index (χ3v) is 3.58. The van der Waals surface area contributed by atoms with Crippen LogP contribution in [0.2, 0.25) is 0 Å². The first-order valence-electron chi connectivity index (χ1n) is 7.92. The van der Waals surface area contributed by atoms with Gasteiger partial charge in [0.2, 0.25) is 0 Å². The first-order chi connectivity index (χ1) is 13.8. The molecular formula is C17H12F7N3O3. The van der Waals surface area contributed by atoms with Crippen LogP contribution in [0.3, 0.4) is 0 Å². The molecule has 30 heavy (non-hydrogen) atoms. The summed E-state index contributed by atoms with van der Waals surface area (Å²) in [5, 5.41) is 13.3. The molecule has 0 atom stereocenters. The fourth-order valence-corrected chi connectivity index (χ4v) is 2.00. The van der Waals surface area contributed by atoms with Gasteiger partial charge in [0.15, 0.2) is 0 Å². The molecule has 0 unspecified atom stereocenters. The first kappa shape index (κ1) is 22.9. The lowest BCUT2D eigenvalue weighted by atomic mass is 10.2. The highest BCUT2D eigenvalue weighted by Crippen LogP contribution is 2.44. The summed E-state index contributed by atoms with van der Waals surface area (Å²) in [6.07, 6.45) is -5.86. The summed E-state index contributed by atoms with van der Waals surface area (Å²) < 4.78 is 93.3. The molecule has 1 N–H and O–H groups in total. The number of hydrogen-bond donors (Lipinski definition) is 1. The maximum atomic E-state index is 13.1. The minimum Gasteiger partial charge on any atom is -0.489 e. The van der Waals surface area contributed by atoms with E-state index < -0.39 is 23.1 Å². The normalized spacial score (nSPS) is 12.8. The van der Waals surface area contributed by atoms with E-state index in [1.807, 2.05) is 0 Å². The van der Waals surface area contributed by atoms with Crippen LogP contribution in [-0.2, 0) is 6.61 Å². The summed E-state index contributed by atoms with van der Waals surface area (Å²) in [6.45, 7) is -0.00723. The molecule has 0 aliphatic rings. The molecule has 162 valence electrons. The van der Waals surface area contributed by atoms with E-state index in [9.17, 15) is 40.8 Å². The molecule has 0 saturated heterocycles. The molecule has 0 aliphatic carbocycles. The molecule has 6 nitrogen and oxygen atoms in total. The molecule has 0 aliphatic heterocycles. The molecular weight excluding hydrogens is 427 g/mol. The average Bonchev–Trinajstić information content (AvgIpc) is 2.66. The summed E-state index contributed by atoms with van der Waals surface area (Å²) in [4.78, 5) is 10.0. The maximum Gasteiger partial charge on any atom is 0.462 e. The summed E-state index contributed by atoms with van der Waals surface area (Å²) in [5.41, 5.74) is 1.05. The van der Waals surface area contributed by atoms with Crippen LogP contribution in [-0.4, -0.2) is 29.3 Å². The Bertz CT molecular complexity index is 916. The van der Waals surface area contributed by atoms with E-state index in [1.54, 1.807) is 0 Å². The molecule has 2 aromatic carbocycles. The second kappa shape index (κ2) is 8.55. The smallest absolute Gasteiger partial charge is 0.462 e. The average molecular weight is 439 g/mol. The number of halogens is 7. The number of nitro benzene ring substituents is 1. The van der Waals surface area contributed by atoms with Gasteiger partial charge in [-0.25, -0.2) is 5.43 Å². The highest BCUT2D eigenvalue weighted by atomic mass is 19.4.